The molecule has 0 bridgehead atoms. The topological polar surface area (TPSA) is 20.2 Å². The van der Waals surface area contributed by atoms with Gasteiger partial charge < -0.3 is 5.11 Å². The third-order valence-corrected chi connectivity index (χ3v) is 2.05. The third-order valence-electron chi connectivity index (χ3n) is 0.357. The van der Waals surface area contributed by atoms with Crippen molar-refractivity contribution in [2.45, 2.75) is 3.79 Å². The molecule has 1 atom stereocenters. The summed E-state index contributed by atoms with van der Waals surface area (Å²) in [6.07, 6.45) is 0.0495. The van der Waals surface area contributed by atoms with Crippen LogP contribution >= 0.6 is 43.0 Å². The molecule has 0 aromatic carbocycles. The van der Waals surface area contributed by atoms with Crippen LogP contribution in [0, 0.1) is 0 Å². The number of hydrogen-bond acceptors (Lipinski definition) is 1. The van der Waals surface area contributed by atoms with Crippen molar-refractivity contribution >= 4 is 48.8 Å². The van der Waals surface area contributed by atoms with E-state index >= 15 is 0 Å². The van der Waals surface area contributed by atoms with Crippen LogP contribution in [-0.2, 0) is 0 Å². The molecule has 1 unspecified atom stereocenters. The van der Waals surface area contributed by atoms with Crippen LogP contribution in [0.25, 0.3) is 0 Å². The summed E-state index contributed by atoms with van der Waals surface area (Å²) in [6, 6.07) is 0. The molecular weight excluding hydrogens is 189 g/mol. The quantitative estimate of drug-likeness (QED) is 0.498. The van der Waals surface area contributed by atoms with Gasteiger partial charge >= 0.3 is 0 Å². The second-order valence-electron chi connectivity index (χ2n) is 1.05. The lowest BCUT2D eigenvalue weighted by atomic mass is 10.9. The Balaban J connectivity index is 3.52. The Bertz CT molecular complexity index is 87.0. The number of hydrogen-bond donors (Lipinski definition) is 1. The maximum atomic E-state index is 8.23. The maximum absolute atomic E-state index is 8.23. The third kappa shape index (κ3) is 7.00. The normalized spacial score (nSPS) is 13.0. The van der Waals surface area contributed by atoms with Gasteiger partial charge in [-0.2, -0.15) is 0 Å². The van der Waals surface area contributed by atoms with Crippen LogP contribution in [0.4, 0.5) is 0 Å². The summed E-state index contributed by atoms with van der Waals surface area (Å²) in [5.74, 6) is 1.44. The summed E-state index contributed by atoms with van der Waals surface area (Å²) < 4.78 is -1.30. The van der Waals surface area contributed by atoms with Gasteiger partial charge in [0.1, 0.15) is 14.0 Å². The number of alkyl halides is 3. The lowest BCUT2D eigenvalue weighted by Gasteiger charge is -1.94. The Hall–Kier alpha value is 1.00. The largest absolute Gasteiger partial charge is 0.356 e. The molecule has 48 valence electrons. The molecular formula is C3H5Cl3OP+. The van der Waals surface area contributed by atoms with Crippen LogP contribution in [0.5, 0.6) is 0 Å². The predicted octanol–water partition coefficient (Wildman–Crippen LogP) is 1.79. The van der Waals surface area contributed by atoms with Gasteiger partial charge in [-0.3, -0.25) is 0 Å². The molecule has 0 rings (SSSR count). The number of halogens is 3. The minimum absolute atomic E-state index is 0.0495. The number of aliphatic hydroxyl groups excluding tert-OH is 1. The Morgan fingerprint density at radius 2 is 2.00 bits per heavy atom. The second-order valence-corrected chi connectivity index (χ2v) is 4.43. The highest BCUT2D eigenvalue weighted by atomic mass is 35.6. The van der Waals surface area contributed by atoms with Crippen LogP contribution < -0.4 is 0 Å². The van der Waals surface area contributed by atoms with E-state index in [4.69, 9.17) is 39.9 Å². The highest BCUT2D eigenvalue weighted by Gasteiger charge is 2.18. The lowest BCUT2D eigenvalue weighted by Crippen LogP contribution is -2.00. The van der Waals surface area contributed by atoms with E-state index in [0.717, 1.165) is 0 Å². The molecule has 1 N–H and O–H groups in total. The molecule has 0 aliphatic heterocycles. The first kappa shape index (κ1) is 9.00. The van der Waals surface area contributed by atoms with E-state index in [2.05, 4.69) is 0 Å². The van der Waals surface area contributed by atoms with Gasteiger partial charge in [-0.25, -0.2) is 0 Å². The Kier molecular flexibility index (Phi) is 4.41. The summed E-state index contributed by atoms with van der Waals surface area (Å²) in [5.41, 5.74) is 0. The molecule has 0 amide bonds. The molecule has 1 nitrogen and oxygen atoms in total. The summed E-state index contributed by atoms with van der Waals surface area (Å²) in [7, 11) is 0.201. The minimum Gasteiger partial charge on any atom is -0.356 e. The van der Waals surface area contributed by atoms with E-state index in [1.807, 2.05) is 0 Å². The molecule has 0 saturated heterocycles. The van der Waals surface area contributed by atoms with Gasteiger partial charge in [-0.05, 0) is 0 Å². The average molecular weight is 194 g/mol. The van der Waals surface area contributed by atoms with Crippen LogP contribution in [0.1, 0.15) is 0 Å². The Morgan fingerprint density at radius 3 is 2.12 bits per heavy atom. The van der Waals surface area contributed by atoms with Crippen molar-refractivity contribution in [3.63, 3.8) is 0 Å². The minimum atomic E-state index is -1.30. The highest BCUT2D eigenvalue weighted by molar-refractivity contribution is 7.39. The van der Waals surface area contributed by atoms with Gasteiger partial charge in [0.2, 0.25) is 3.79 Å². The predicted molar refractivity (Wildman–Crippen MR) is 41.8 cm³/mol. The zero-order valence-corrected chi connectivity index (χ0v) is 7.13. The van der Waals surface area contributed by atoms with Gasteiger partial charge in [0.15, 0.2) is 6.35 Å². The fourth-order valence-electron chi connectivity index (χ4n) is 0.161. The van der Waals surface area contributed by atoms with Crippen molar-refractivity contribution in [2.24, 2.45) is 0 Å². The molecule has 0 aromatic rings. The van der Waals surface area contributed by atoms with Crippen molar-refractivity contribution < 1.29 is 5.11 Å². The fourth-order valence-corrected chi connectivity index (χ4v) is 1.18. The van der Waals surface area contributed by atoms with Crippen molar-refractivity contribution in [1.82, 2.24) is 0 Å². The van der Waals surface area contributed by atoms with Gasteiger partial charge in [0.25, 0.3) is 0 Å². The summed E-state index contributed by atoms with van der Waals surface area (Å²) in [4.78, 5) is 0. The van der Waals surface area contributed by atoms with Crippen LogP contribution in [-0.4, -0.2) is 21.0 Å². The molecule has 0 aromatic heterocycles. The van der Waals surface area contributed by atoms with Gasteiger partial charge in [-0.1, -0.05) is 34.8 Å². The summed E-state index contributed by atoms with van der Waals surface area (Å²) in [6.45, 7) is 0. The summed E-state index contributed by atoms with van der Waals surface area (Å²) >= 11 is 15.8. The molecule has 0 fully saturated rings. The van der Waals surface area contributed by atoms with Gasteiger partial charge in [0.05, 0.1) is 0 Å². The van der Waals surface area contributed by atoms with Crippen LogP contribution in [0.3, 0.4) is 0 Å². The first-order chi connectivity index (χ1) is 3.56. The van der Waals surface area contributed by atoms with E-state index in [0.29, 0.717) is 0 Å². The monoisotopic (exact) mass is 193 g/mol. The maximum Gasteiger partial charge on any atom is 0.247 e. The Morgan fingerprint density at radius 1 is 1.50 bits per heavy atom. The molecule has 0 heterocycles. The van der Waals surface area contributed by atoms with E-state index < -0.39 is 3.79 Å². The zero-order valence-electron chi connectivity index (χ0n) is 3.87. The number of aliphatic hydroxyl groups is 1. The van der Waals surface area contributed by atoms with E-state index in [9.17, 15) is 0 Å². The second kappa shape index (κ2) is 3.92. The lowest BCUT2D eigenvalue weighted by molar-refractivity contribution is 0.374. The van der Waals surface area contributed by atoms with Crippen LogP contribution in [0.2, 0.25) is 0 Å². The van der Waals surface area contributed by atoms with Crippen molar-refractivity contribution in [3.8, 4) is 0 Å². The SMILES string of the molecule is OC[PH+]=CC(Cl)(Cl)Cl. The van der Waals surface area contributed by atoms with E-state index in [-0.39, 0.29) is 14.6 Å². The fraction of sp³-hybridized carbons (Fsp3) is 0.667. The first-order valence-corrected chi connectivity index (χ1v) is 4.23. The molecule has 5 heteroatoms. The van der Waals surface area contributed by atoms with Crippen molar-refractivity contribution in [1.29, 1.82) is 0 Å². The summed E-state index contributed by atoms with van der Waals surface area (Å²) in [5, 5.41) is 8.23. The molecule has 0 aliphatic carbocycles. The van der Waals surface area contributed by atoms with E-state index in [1.54, 1.807) is 0 Å². The van der Waals surface area contributed by atoms with Gasteiger partial charge in [0, 0.05) is 0 Å². The molecule has 8 heavy (non-hydrogen) atoms. The Labute approximate surface area is 64.3 Å². The highest BCUT2D eigenvalue weighted by Crippen LogP contribution is 2.24. The molecule has 0 radical (unpaired) electrons. The van der Waals surface area contributed by atoms with E-state index in [1.165, 1.54) is 5.80 Å². The number of rotatable bonds is 1. The van der Waals surface area contributed by atoms with Crippen molar-refractivity contribution in [2.75, 3.05) is 6.35 Å². The molecule has 0 saturated carbocycles. The standard InChI is InChI=1S/C3H4Cl3OP/c4-3(5,6)1-8-2-7/h1,7H,2H2/p+1. The van der Waals surface area contributed by atoms with Crippen molar-refractivity contribution in [3.05, 3.63) is 0 Å². The molecule has 0 spiro atoms. The van der Waals surface area contributed by atoms with Crippen LogP contribution in [0.15, 0.2) is 0 Å². The average Bonchev–Trinajstić information content (AvgIpc) is 1.59. The molecule has 0 aliphatic rings. The first-order valence-electron chi connectivity index (χ1n) is 1.81. The smallest absolute Gasteiger partial charge is 0.247 e. The van der Waals surface area contributed by atoms with Gasteiger partial charge in [-0.15, -0.1) is 0 Å². The zero-order chi connectivity index (χ0) is 6.62.